The number of aliphatic hydroxyl groups is 1. The van der Waals surface area contributed by atoms with Crippen LogP contribution in [0.1, 0.15) is 53.0 Å². The van der Waals surface area contributed by atoms with Crippen molar-refractivity contribution in [2.45, 2.75) is 45.3 Å². The Hall–Kier alpha value is -4.63. The van der Waals surface area contributed by atoms with Crippen LogP contribution in [0, 0.1) is 0 Å². The van der Waals surface area contributed by atoms with Crippen LogP contribution in [0.25, 0.3) is 22.0 Å². The quantitative estimate of drug-likeness (QED) is 0.137. The molecule has 0 aliphatic heterocycles. The zero-order valence-corrected chi connectivity index (χ0v) is 24.1. The molecule has 0 spiro atoms. The molecule has 9 heteroatoms. The molecule has 4 rings (SSSR count). The summed E-state index contributed by atoms with van der Waals surface area (Å²) >= 11 is 0. The number of ether oxygens (including phenoxy) is 2. The molecule has 4 aromatic rings. The molecule has 0 saturated heterocycles. The number of aromatic amines is 1. The molecule has 1 heterocycles. The number of fused-ring (bicyclic) bond motifs is 1. The normalized spacial score (nSPS) is 11.7. The maximum atomic E-state index is 13.5. The van der Waals surface area contributed by atoms with Gasteiger partial charge in [-0.1, -0.05) is 36.4 Å². The van der Waals surface area contributed by atoms with Crippen molar-refractivity contribution in [2.75, 3.05) is 20.3 Å². The summed E-state index contributed by atoms with van der Waals surface area (Å²) in [5.74, 6) is -0.461. The second kappa shape index (κ2) is 14.3. The van der Waals surface area contributed by atoms with Gasteiger partial charge in [-0.2, -0.15) is 0 Å². The Balaban J connectivity index is 1.48. The lowest BCUT2D eigenvalue weighted by Gasteiger charge is -2.19. The van der Waals surface area contributed by atoms with Gasteiger partial charge in [-0.05, 0) is 73.7 Å². The first-order chi connectivity index (χ1) is 20.3. The van der Waals surface area contributed by atoms with Gasteiger partial charge in [0.1, 0.15) is 5.75 Å². The number of carbonyl (C=O) groups is 3. The van der Waals surface area contributed by atoms with E-state index in [1.807, 2.05) is 62.5 Å². The van der Waals surface area contributed by atoms with Crippen molar-refractivity contribution in [3.05, 3.63) is 89.6 Å². The van der Waals surface area contributed by atoms with Gasteiger partial charge >= 0.3 is 5.97 Å². The highest BCUT2D eigenvalue weighted by molar-refractivity contribution is 5.99. The first-order valence-electron chi connectivity index (χ1n) is 14.0. The Labute approximate surface area is 245 Å². The highest BCUT2D eigenvalue weighted by atomic mass is 16.5. The summed E-state index contributed by atoms with van der Waals surface area (Å²) in [6.07, 6.45) is 2.95. The lowest BCUT2D eigenvalue weighted by molar-refractivity contribution is -0.140. The lowest BCUT2D eigenvalue weighted by Crippen LogP contribution is -2.39. The molecule has 0 bridgehead atoms. The van der Waals surface area contributed by atoms with Gasteiger partial charge in [-0.15, -0.1) is 0 Å². The molecule has 0 aliphatic rings. The predicted molar refractivity (Wildman–Crippen MR) is 162 cm³/mol. The van der Waals surface area contributed by atoms with Crippen LogP contribution in [0.2, 0.25) is 0 Å². The van der Waals surface area contributed by atoms with E-state index in [0.29, 0.717) is 36.3 Å². The molecule has 0 aliphatic carbocycles. The van der Waals surface area contributed by atoms with E-state index in [4.69, 9.17) is 4.74 Å². The van der Waals surface area contributed by atoms with Crippen LogP contribution in [0.15, 0.2) is 72.9 Å². The smallest absolute Gasteiger partial charge is 0.305 e. The monoisotopic (exact) mass is 571 g/mol. The standard InChI is InChI=1S/C33H37N3O6/c1-21(2)42-30-15-14-24(22-10-12-23(13-11-22)32(39)34-16-6-9-31(38)41-3)18-28(30)33(40)36-26(20-37)17-25-19-35-29-8-5-4-7-27(25)29/h4-5,7-8,10-15,18-19,21,26,35,37H,6,9,16-17,20H2,1-3H3,(H,34,39)(H,36,40)/t26-/m1/s1. The van der Waals surface area contributed by atoms with Gasteiger partial charge in [0.05, 0.1) is 31.4 Å². The minimum Gasteiger partial charge on any atom is -0.490 e. The Morgan fingerprint density at radius 3 is 2.40 bits per heavy atom. The highest BCUT2D eigenvalue weighted by Gasteiger charge is 2.20. The van der Waals surface area contributed by atoms with E-state index in [9.17, 15) is 19.5 Å². The van der Waals surface area contributed by atoms with E-state index in [-0.39, 0.29) is 36.9 Å². The summed E-state index contributed by atoms with van der Waals surface area (Å²) in [6, 6.07) is 19.9. The SMILES string of the molecule is COC(=O)CCCNC(=O)c1ccc(-c2ccc(OC(C)C)c(C(=O)N[C@@H](CO)Cc3c[nH]c4ccccc34)c2)cc1. The molecular weight excluding hydrogens is 534 g/mol. The number of methoxy groups -OCH3 is 1. The molecule has 0 saturated carbocycles. The zero-order chi connectivity index (χ0) is 30.1. The van der Waals surface area contributed by atoms with Crippen molar-refractivity contribution in [1.82, 2.24) is 15.6 Å². The van der Waals surface area contributed by atoms with Crippen LogP contribution < -0.4 is 15.4 Å². The number of para-hydroxylation sites is 1. The number of esters is 1. The fraction of sp³-hybridized carbons (Fsp3) is 0.303. The molecular formula is C33H37N3O6. The molecule has 0 unspecified atom stereocenters. The Bertz CT molecular complexity index is 1530. The first-order valence-corrected chi connectivity index (χ1v) is 14.0. The average Bonchev–Trinajstić information content (AvgIpc) is 3.41. The molecule has 0 radical (unpaired) electrons. The van der Waals surface area contributed by atoms with Gasteiger partial charge in [-0.25, -0.2) is 0 Å². The van der Waals surface area contributed by atoms with Crippen LogP contribution in [0.3, 0.4) is 0 Å². The molecule has 1 atom stereocenters. The number of aliphatic hydroxyl groups excluding tert-OH is 1. The third-order valence-electron chi connectivity index (χ3n) is 6.84. The number of nitrogens with one attached hydrogen (secondary N) is 3. The van der Waals surface area contributed by atoms with Crippen molar-refractivity contribution in [3.8, 4) is 16.9 Å². The van der Waals surface area contributed by atoms with Crippen LogP contribution >= 0.6 is 0 Å². The topological polar surface area (TPSA) is 130 Å². The van der Waals surface area contributed by atoms with Crippen molar-refractivity contribution in [1.29, 1.82) is 0 Å². The summed E-state index contributed by atoms with van der Waals surface area (Å²) in [5.41, 5.74) is 4.44. The second-order valence-electron chi connectivity index (χ2n) is 10.3. The third-order valence-corrected chi connectivity index (χ3v) is 6.84. The Morgan fingerprint density at radius 2 is 1.69 bits per heavy atom. The van der Waals surface area contributed by atoms with Gasteiger partial charge in [0, 0.05) is 35.6 Å². The Kier molecular flexibility index (Phi) is 10.3. The van der Waals surface area contributed by atoms with Gasteiger partial charge < -0.3 is 30.2 Å². The number of benzene rings is 3. The van der Waals surface area contributed by atoms with Crippen LogP contribution in [0.4, 0.5) is 0 Å². The molecule has 42 heavy (non-hydrogen) atoms. The molecule has 3 aromatic carbocycles. The van der Waals surface area contributed by atoms with E-state index < -0.39 is 6.04 Å². The van der Waals surface area contributed by atoms with E-state index in [2.05, 4.69) is 20.4 Å². The van der Waals surface area contributed by atoms with Crippen LogP contribution in [-0.2, 0) is 16.0 Å². The molecule has 0 fully saturated rings. The number of hydrogen-bond acceptors (Lipinski definition) is 6. The molecule has 4 N–H and O–H groups in total. The Morgan fingerprint density at radius 1 is 0.952 bits per heavy atom. The number of hydrogen-bond donors (Lipinski definition) is 4. The zero-order valence-electron chi connectivity index (χ0n) is 24.1. The van der Waals surface area contributed by atoms with E-state index in [1.54, 1.807) is 24.3 Å². The second-order valence-corrected chi connectivity index (χ2v) is 10.3. The summed E-state index contributed by atoms with van der Waals surface area (Å²) in [7, 11) is 1.33. The lowest BCUT2D eigenvalue weighted by atomic mass is 10.00. The maximum absolute atomic E-state index is 13.5. The fourth-order valence-electron chi connectivity index (χ4n) is 4.69. The number of H-pyrrole nitrogens is 1. The molecule has 1 aromatic heterocycles. The minimum atomic E-state index is -0.502. The van der Waals surface area contributed by atoms with Gasteiger partial charge in [0.15, 0.2) is 0 Å². The highest BCUT2D eigenvalue weighted by Crippen LogP contribution is 2.28. The van der Waals surface area contributed by atoms with E-state index in [0.717, 1.165) is 27.6 Å². The average molecular weight is 572 g/mol. The van der Waals surface area contributed by atoms with Crippen molar-refractivity contribution < 1.29 is 29.0 Å². The minimum absolute atomic E-state index is 0.146. The van der Waals surface area contributed by atoms with Gasteiger partial charge in [0.25, 0.3) is 11.8 Å². The van der Waals surface area contributed by atoms with Crippen LogP contribution in [-0.4, -0.2) is 60.3 Å². The van der Waals surface area contributed by atoms with Gasteiger partial charge in [0.2, 0.25) is 0 Å². The van der Waals surface area contributed by atoms with Gasteiger partial charge in [-0.3, -0.25) is 14.4 Å². The molecule has 2 amide bonds. The fourth-order valence-corrected chi connectivity index (χ4v) is 4.69. The van der Waals surface area contributed by atoms with E-state index in [1.165, 1.54) is 7.11 Å². The number of carbonyl (C=O) groups excluding carboxylic acids is 3. The van der Waals surface area contributed by atoms with Crippen molar-refractivity contribution >= 4 is 28.7 Å². The predicted octanol–water partition coefficient (Wildman–Crippen LogP) is 4.64. The molecule has 9 nitrogen and oxygen atoms in total. The third kappa shape index (κ3) is 7.76. The maximum Gasteiger partial charge on any atom is 0.305 e. The molecule has 220 valence electrons. The number of aromatic nitrogens is 1. The summed E-state index contributed by atoms with van der Waals surface area (Å²) in [6.45, 7) is 3.92. The largest absolute Gasteiger partial charge is 0.490 e. The first kappa shape index (κ1) is 30.3. The van der Waals surface area contributed by atoms with Crippen LogP contribution in [0.5, 0.6) is 5.75 Å². The summed E-state index contributed by atoms with van der Waals surface area (Å²) < 4.78 is 10.6. The number of rotatable bonds is 13. The number of amides is 2. The van der Waals surface area contributed by atoms with Crippen molar-refractivity contribution in [2.24, 2.45) is 0 Å². The van der Waals surface area contributed by atoms with E-state index >= 15 is 0 Å². The van der Waals surface area contributed by atoms with Crippen molar-refractivity contribution in [3.63, 3.8) is 0 Å². The summed E-state index contributed by atoms with van der Waals surface area (Å²) in [5, 5.41) is 16.9. The summed E-state index contributed by atoms with van der Waals surface area (Å²) in [4.78, 5) is 40.5.